The first kappa shape index (κ1) is 24.5. The lowest BCUT2D eigenvalue weighted by atomic mass is 9.92. The number of hydrogen-bond donors (Lipinski definition) is 2. The van der Waals surface area contributed by atoms with E-state index in [1.165, 1.54) is 0 Å². The average Bonchev–Trinajstić information content (AvgIpc) is 2.59. The van der Waals surface area contributed by atoms with Gasteiger partial charge in [0.05, 0.1) is 18.5 Å². The van der Waals surface area contributed by atoms with Crippen molar-refractivity contribution in [2.75, 3.05) is 39.8 Å². The first-order valence-electron chi connectivity index (χ1n) is 8.86. The van der Waals surface area contributed by atoms with Crippen LogP contribution in [-0.4, -0.2) is 56.6 Å². The third-order valence-corrected chi connectivity index (χ3v) is 3.71. The predicted molar refractivity (Wildman–Crippen MR) is 118 cm³/mol. The van der Waals surface area contributed by atoms with Gasteiger partial charge in [-0.3, -0.25) is 9.79 Å². The van der Waals surface area contributed by atoms with Crippen molar-refractivity contribution in [1.29, 1.82) is 0 Å². The number of nitrogens with one attached hydrogen (secondary N) is 2. The number of hydrogen-bond acceptors (Lipinski definition) is 3. The summed E-state index contributed by atoms with van der Waals surface area (Å²) in [7, 11) is 1.97. The molecule has 0 aliphatic heterocycles. The molecule has 0 aliphatic rings. The number of carbonyl (C=O) groups excluding carboxylic acids is 1. The lowest BCUT2D eigenvalue weighted by molar-refractivity contribution is -0.128. The van der Waals surface area contributed by atoms with Gasteiger partial charge in [-0.1, -0.05) is 18.2 Å². The van der Waals surface area contributed by atoms with Crippen LogP contribution in [0.4, 0.5) is 0 Å². The van der Waals surface area contributed by atoms with Crippen LogP contribution in [0.1, 0.15) is 27.7 Å². The van der Waals surface area contributed by atoms with Crippen molar-refractivity contribution in [2.45, 2.75) is 27.7 Å². The van der Waals surface area contributed by atoms with Gasteiger partial charge in [-0.15, -0.1) is 24.0 Å². The molecule has 0 heterocycles. The van der Waals surface area contributed by atoms with Gasteiger partial charge in [-0.05, 0) is 39.8 Å². The molecule has 1 aromatic rings. The molecular weight excluding hydrogens is 443 g/mol. The van der Waals surface area contributed by atoms with Crippen LogP contribution in [0.5, 0.6) is 5.75 Å². The van der Waals surface area contributed by atoms with Crippen LogP contribution in [0, 0.1) is 5.41 Å². The van der Waals surface area contributed by atoms with E-state index in [-0.39, 0.29) is 29.9 Å². The summed E-state index contributed by atoms with van der Waals surface area (Å²) in [5.74, 6) is 1.65. The monoisotopic (exact) mass is 476 g/mol. The molecule has 0 radical (unpaired) electrons. The summed E-state index contributed by atoms with van der Waals surface area (Å²) in [6.07, 6.45) is 0. The lowest BCUT2D eigenvalue weighted by Gasteiger charge is -2.25. The van der Waals surface area contributed by atoms with Gasteiger partial charge < -0.3 is 20.3 Å². The van der Waals surface area contributed by atoms with Crippen molar-refractivity contribution in [2.24, 2.45) is 10.4 Å². The minimum atomic E-state index is -0.544. The maximum absolute atomic E-state index is 12.1. The molecule has 0 unspecified atom stereocenters. The Hall–Kier alpha value is -1.51. The Morgan fingerprint density at radius 2 is 1.77 bits per heavy atom. The quantitative estimate of drug-likeness (QED) is 0.327. The summed E-state index contributed by atoms with van der Waals surface area (Å²) in [6.45, 7) is 10.8. The van der Waals surface area contributed by atoms with Crippen molar-refractivity contribution in [3.63, 3.8) is 0 Å². The first-order chi connectivity index (χ1) is 11.9. The summed E-state index contributed by atoms with van der Waals surface area (Å²) < 4.78 is 5.73. The number of carbonyl (C=O) groups is 1. The first-order valence-corrected chi connectivity index (χ1v) is 8.86. The van der Waals surface area contributed by atoms with E-state index in [1.807, 2.05) is 70.0 Å². The third-order valence-electron chi connectivity index (χ3n) is 3.71. The zero-order chi connectivity index (χ0) is 18.7. The summed E-state index contributed by atoms with van der Waals surface area (Å²) in [5, 5.41) is 6.12. The standard InChI is InChI=1S/C19H32N4O2.HI/c1-6-20-17(24)19(3,4)15-22-18(21-7-2)23(5)13-14-25-16-11-9-8-10-12-16;/h8-12H,6-7,13-15H2,1-5H3,(H,20,24)(H,21,22);1H. The molecule has 0 spiro atoms. The molecule has 0 saturated heterocycles. The van der Waals surface area contributed by atoms with Crippen molar-refractivity contribution >= 4 is 35.8 Å². The second-order valence-electron chi connectivity index (χ2n) is 6.50. The fraction of sp³-hybridized carbons (Fsp3) is 0.579. The van der Waals surface area contributed by atoms with Crippen LogP contribution in [0.3, 0.4) is 0 Å². The Balaban J connectivity index is 0.00000625. The van der Waals surface area contributed by atoms with Crippen molar-refractivity contribution in [1.82, 2.24) is 15.5 Å². The van der Waals surface area contributed by atoms with Crippen LogP contribution in [0.25, 0.3) is 0 Å². The minimum Gasteiger partial charge on any atom is -0.492 e. The highest BCUT2D eigenvalue weighted by Crippen LogP contribution is 2.15. The maximum Gasteiger partial charge on any atom is 0.227 e. The summed E-state index contributed by atoms with van der Waals surface area (Å²) in [6, 6.07) is 9.75. The number of amides is 1. The van der Waals surface area contributed by atoms with E-state index in [2.05, 4.69) is 15.6 Å². The number of guanidine groups is 1. The zero-order valence-corrected chi connectivity index (χ0v) is 18.9. The Bertz CT molecular complexity index is 550. The largest absolute Gasteiger partial charge is 0.492 e. The molecule has 1 amide bonds. The van der Waals surface area contributed by atoms with Crippen molar-refractivity contribution in [3.8, 4) is 5.75 Å². The second kappa shape index (κ2) is 12.8. The van der Waals surface area contributed by atoms with E-state index in [0.29, 0.717) is 26.2 Å². The Labute approximate surface area is 174 Å². The summed E-state index contributed by atoms with van der Waals surface area (Å²) in [5.41, 5.74) is -0.544. The van der Waals surface area contributed by atoms with E-state index in [9.17, 15) is 4.79 Å². The highest BCUT2D eigenvalue weighted by Gasteiger charge is 2.27. The molecular formula is C19H33IN4O2. The van der Waals surface area contributed by atoms with Gasteiger partial charge in [0.1, 0.15) is 12.4 Å². The fourth-order valence-corrected chi connectivity index (χ4v) is 2.14. The molecule has 6 nitrogen and oxygen atoms in total. The van der Waals surface area contributed by atoms with Gasteiger partial charge in [0.15, 0.2) is 5.96 Å². The SMILES string of the molecule is CCNC(=O)C(C)(C)CN=C(NCC)N(C)CCOc1ccccc1.I. The topological polar surface area (TPSA) is 66.0 Å². The van der Waals surface area contributed by atoms with Gasteiger partial charge in [0.2, 0.25) is 5.91 Å². The number of ether oxygens (including phenoxy) is 1. The van der Waals surface area contributed by atoms with Gasteiger partial charge in [0.25, 0.3) is 0 Å². The number of rotatable bonds is 9. The number of likely N-dealkylation sites (N-methyl/N-ethyl adjacent to an activating group) is 1. The van der Waals surface area contributed by atoms with Crippen LogP contribution in [-0.2, 0) is 4.79 Å². The molecule has 0 bridgehead atoms. The van der Waals surface area contributed by atoms with Crippen LogP contribution >= 0.6 is 24.0 Å². The molecule has 0 saturated carbocycles. The van der Waals surface area contributed by atoms with Crippen LogP contribution < -0.4 is 15.4 Å². The number of aliphatic imine (C=N–C) groups is 1. The Morgan fingerprint density at radius 3 is 2.35 bits per heavy atom. The molecule has 0 atom stereocenters. The van der Waals surface area contributed by atoms with Gasteiger partial charge in [-0.2, -0.15) is 0 Å². The van der Waals surface area contributed by atoms with Gasteiger partial charge in [-0.25, -0.2) is 0 Å². The molecule has 26 heavy (non-hydrogen) atoms. The average molecular weight is 476 g/mol. The summed E-state index contributed by atoms with van der Waals surface area (Å²) >= 11 is 0. The maximum atomic E-state index is 12.1. The Kier molecular flexibility index (Phi) is 12.0. The van der Waals surface area contributed by atoms with E-state index < -0.39 is 5.41 Å². The van der Waals surface area contributed by atoms with Gasteiger partial charge >= 0.3 is 0 Å². The highest BCUT2D eigenvalue weighted by molar-refractivity contribution is 14.0. The molecule has 1 rings (SSSR count). The van der Waals surface area contributed by atoms with Crippen molar-refractivity contribution < 1.29 is 9.53 Å². The third kappa shape index (κ3) is 8.73. The molecule has 148 valence electrons. The van der Waals surface area contributed by atoms with E-state index in [4.69, 9.17) is 4.74 Å². The number of para-hydroxylation sites is 1. The predicted octanol–water partition coefficient (Wildman–Crippen LogP) is 2.74. The number of benzene rings is 1. The Morgan fingerprint density at radius 1 is 1.15 bits per heavy atom. The number of halogens is 1. The summed E-state index contributed by atoms with van der Waals surface area (Å²) in [4.78, 5) is 18.7. The molecule has 1 aromatic carbocycles. The second-order valence-corrected chi connectivity index (χ2v) is 6.50. The normalized spacial score (nSPS) is 11.3. The van der Waals surface area contributed by atoms with E-state index >= 15 is 0 Å². The molecule has 0 aromatic heterocycles. The smallest absolute Gasteiger partial charge is 0.227 e. The zero-order valence-electron chi connectivity index (χ0n) is 16.5. The van der Waals surface area contributed by atoms with Crippen LogP contribution in [0.15, 0.2) is 35.3 Å². The van der Waals surface area contributed by atoms with E-state index in [1.54, 1.807) is 0 Å². The molecule has 7 heteroatoms. The number of nitrogens with zero attached hydrogens (tertiary/aromatic N) is 2. The molecule has 0 aliphatic carbocycles. The lowest BCUT2D eigenvalue weighted by Crippen LogP contribution is -2.43. The van der Waals surface area contributed by atoms with Crippen molar-refractivity contribution in [3.05, 3.63) is 30.3 Å². The molecule has 2 N–H and O–H groups in total. The van der Waals surface area contributed by atoms with E-state index in [0.717, 1.165) is 18.3 Å². The van der Waals surface area contributed by atoms with Crippen LogP contribution in [0.2, 0.25) is 0 Å². The van der Waals surface area contributed by atoms with Gasteiger partial charge in [0, 0.05) is 20.1 Å². The minimum absolute atomic E-state index is 0. The molecule has 0 fully saturated rings. The fourth-order valence-electron chi connectivity index (χ4n) is 2.14. The highest BCUT2D eigenvalue weighted by atomic mass is 127.